The van der Waals surface area contributed by atoms with Crippen LogP contribution in [-0.2, 0) is 11.8 Å². The van der Waals surface area contributed by atoms with Gasteiger partial charge in [0.15, 0.2) is 5.69 Å². The molecule has 2 aliphatic rings. The number of halogens is 1. The maximum atomic E-state index is 12.7. The summed E-state index contributed by atoms with van der Waals surface area (Å²) in [4.78, 5) is 26.6. The molecule has 1 saturated heterocycles. The van der Waals surface area contributed by atoms with Gasteiger partial charge in [-0.15, -0.1) is 0 Å². The Hall–Kier alpha value is -1.82. The van der Waals surface area contributed by atoms with E-state index in [9.17, 15) is 9.59 Å². The average molecular weight is 365 g/mol. The number of hydrogen-bond donors (Lipinski definition) is 1. The van der Waals surface area contributed by atoms with E-state index in [-0.39, 0.29) is 23.6 Å². The summed E-state index contributed by atoms with van der Waals surface area (Å²) in [7, 11) is 1.74. The van der Waals surface area contributed by atoms with Gasteiger partial charge in [0, 0.05) is 38.5 Å². The minimum atomic E-state index is -0.162. The molecule has 1 aliphatic carbocycles. The second-order valence-corrected chi connectivity index (χ2v) is 7.60. The fourth-order valence-electron chi connectivity index (χ4n) is 3.73. The number of carbonyl (C=O) groups excluding carboxylic acids is 2. The molecule has 7 heteroatoms. The zero-order valence-electron chi connectivity index (χ0n) is 14.8. The standard InChI is InChI=1S/C18H25ClN4O2/c1-12-5-6-13(8-12)9-16(24)20-10-14-4-3-7-23(14)18(25)17-15(19)11-22(2)21-17/h9,11-12,14H,3-8,10H2,1-2H3,(H,20,24)/b13-9+. The molecule has 0 aromatic carbocycles. The molecule has 3 rings (SSSR count). The molecule has 2 fully saturated rings. The first-order chi connectivity index (χ1) is 11.9. The summed E-state index contributed by atoms with van der Waals surface area (Å²) in [5.41, 5.74) is 1.51. The average Bonchev–Trinajstić information content (AvgIpc) is 3.25. The van der Waals surface area contributed by atoms with Crippen molar-refractivity contribution in [3.05, 3.63) is 28.6 Å². The number of nitrogens with one attached hydrogen (secondary N) is 1. The van der Waals surface area contributed by atoms with Crippen LogP contribution < -0.4 is 5.32 Å². The summed E-state index contributed by atoms with van der Waals surface area (Å²) in [6, 6.07) is -0.00424. The van der Waals surface area contributed by atoms with Gasteiger partial charge in [0.05, 0.1) is 5.02 Å². The molecule has 1 aromatic rings. The van der Waals surface area contributed by atoms with Crippen molar-refractivity contribution in [2.75, 3.05) is 13.1 Å². The van der Waals surface area contributed by atoms with E-state index >= 15 is 0 Å². The largest absolute Gasteiger partial charge is 0.350 e. The van der Waals surface area contributed by atoms with Crippen LogP contribution in [-0.4, -0.2) is 45.6 Å². The van der Waals surface area contributed by atoms with Gasteiger partial charge in [-0.25, -0.2) is 0 Å². The SMILES string of the molecule is CC1CC/C(=C\C(=O)NCC2CCCN2C(=O)c2nn(C)cc2Cl)C1. The number of hydrogen-bond acceptors (Lipinski definition) is 3. The van der Waals surface area contributed by atoms with E-state index < -0.39 is 0 Å². The summed E-state index contributed by atoms with van der Waals surface area (Å²) in [5, 5.41) is 7.47. The molecule has 25 heavy (non-hydrogen) atoms. The highest BCUT2D eigenvalue weighted by Gasteiger charge is 2.32. The van der Waals surface area contributed by atoms with Crippen molar-refractivity contribution in [3.63, 3.8) is 0 Å². The minimum Gasteiger partial charge on any atom is -0.350 e. The Morgan fingerprint density at radius 2 is 2.24 bits per heavy atom. The topological polar surface area (TPSA) is 67.2 Å². The van der Waals surface area contributed by atoms with E-state index in [0.717, 1.165) is 32.1 Å². The molecule has 136 valence electrons. The van der Waals surface area contributed by atoms with Gasteiger partial charge in [0.25, 0.3) is 5.91 Å². The summed E-state index contributed by atoms with van der Waals surface area (Å²) >= 11 is 6.09. The van der Waals surface area contributed by atoms with Crippen molar-refractivity contribution in [1.29, 1.82) is 0 Å². The van der Waals surface area contributed by atoms with Gasteiger partial charge in [-0.3, -0.25) is 14.3 Å². The third-order valence-electron chi connectivity index (χ3n) is 5.04. The lowest BCUT2D eigenvalue weighted by atomic mass is 10.1. The van der Waals surface area contributed by atoms with Gasteiger partial charge in [-0.05, 0) is 38.0 Å². The van der Waals surface area contributed by atoms with Crippen molar-refractivity contribution >= 4 is 23.4 Å². The number of amides is 2. The van der Waals surface area contributed by atoms with Crippen LogP contribution in [0.4, 0.5) is 0 Å². The van der Waals surface area contributed by atoms with E-state index in [1.165, 1.54) is 10.3 Å². The Balaban J connectivity index is 1.57. The lowest BCUT2D eigenvalue weighted by molar-refractivity contribution is -0.116. The Morgan fingerprint density at radius 3 is 2.88 bits per heavy atom. The van der Waals surface area contributed by atoms with Crippen molar-refractivity contribution < 1.29 is 9.59 Å². The van der Waals surface area contributed by atoms with Crippen molar-refractivity contribution in [2.24, 2.45) is 13.0 Å². The fraction of sp³-hybridized carbons (Fsp3) is 0.611. The van der Waals surface area contributed by atoms with Gasteiger partial charge >= 0.3 is 0 Å². The maximum Gasteiger partial charge on any atom is 0.276 e. The molecule has 0 bridgehead atoms. The molecule has 6 nitrogen and oxygen atoms in total. The molecule has 1 N–H and O–H groups in total. The molecule has 0 radical (unpaired) electrons. The lowest BCUT2D eigenvalue weighted by Gasteiger charge is -2.24. The van der Waals surface area contributed by atoms with Crippen LogP contribution in [0.5, 0.6) is 0 Å². The van der Waals surface area contributed by atoms with Crippen LogP contribution in [0.25, 0.3) is 0 Å². The molecule has 1 aliphatic heterocycles. The van der Waals surface area contributed by atoms with Gasteiger partial charge in [-0.1, -0.05) is 24.1 Å². The zero-order chi connectivity index (χ0) is 18.0. The maximum absolute atomic E-state index is 12.7. The summed E-state index contributed by atoms with van der Waals surface area (Å²) < 4.78 is 1.54. The Kier molecular flexibility index (Phi) is 5.47. The highest BCUT2D eigenvalue weighted by atomic mass is 35.5. The number of rotatable bonds is 4. The van der Waals surface area contributed by atoms with Crippen LogP contribution in [0.3, 0.4) is 0 Å². The highest BCUT2D eigenvalue weighted by molar-refractivity contribution is 6.33. The predicted octanol–water partition coefficient (Wildman–Crippen LogP) is 2.54. The molecule has 1 aromatic heterocycles. The number of aryl methyl sites for hydroxylation is 1. The van der Waals surface area contributed by atoms with E-state index in [1.807, 2.05) is 0 Å². The van der Waals surface area contributed by atoms with Crippen molar-refractivity contribution in [2.45, 2.75) is 45.1 Å². The Labute approximate surface area is 153 Å². The molecular formula is C18H25ClN4O2. The fourth-order valence-corrected chi connectivity index (χ4v) is 3.99. The van der Waals surface area contributed by atoms with Crippen molar-refractivity contribution in [1.82, 2.24) is 20.0 Å². The van der Waals surface area contributed by atoms with E-state index in [4.69, 9.17) is 11.6 Å². The second kappa shape index (κ2) is 7.60. The quantitative estimate of drug-likeness (QED) is 0.835. The Bertz CT molecular complexity index is 697. The van der Waals surface area contributed by atoms with Gasteiger partial charge in [-0.2, -0.15) is 5.10 Å². The van der Waals surface area contributed by atoms with E-state index in [2.05, 4.69) is 17.3 Å². The molecule has 0 spiro atoms. The molecule has 2 atom stereocenters. The summed E-state index contributed by atoms with van der Waals surface area (Å²) in [6.07, 6.45) is 8.35. The number of likely N-dealkylation sites (tertiary alicyclic amines) is 1. The molecule has 1 saturated carbocycles. The van der Waals surface area contributed by atoms with Crippen LogP contribution in [0.1, 0.15) is 49.5 Å². The first kappa shape index (κ1) is 18.0. The van der Waals surface area contributed by atoms with Gasteiger partial charge in [0.2, 0.25) is 5.91 Å². The van der Waals surface area contributed by atoms with Crippen LogP contribution >= 0.6 is 11.6 Å². The molecule has 2 heterocycles. The minimum absolute atomic E-state index is 0.00424. The van der Waals surface area contributed by atoms with E-state index in [0.29, 0.717) is 24.0 Å². The highest BCUT2D eigenvalue weighted by Crippen LogP contribution is 2.29. The molecule has 2 amide bonds. The monoisotopic (exact) mass is 364 g/mol. The first-order valence-corrected chi connectivity index (χ1v) is 9.29. The van der Waals surface area contributed by atoms with Gasteiger partial charge < -0.3 is 10.2 Å². The van der Waals surface area contributed by atoms with Crippen LogP contribution in [0, 0.1) is 5.92 Å². The third kappa shape index (κ3) is 4.24. The number of aromatic nitrogens is 2. The normalized spacial score (nSPS) is 24.9. The van der Waals surface area contributed by atoms with Crippen molar-refractivity contribution in [3.8, 4) is 0 Å². The lowest BCUT2D eigenvalue weighted by Crippen LogP contribution is -2.43. The molecular weight excluding hydrogens is 340 g/mol. The smallest absolute Gasteiger partial charge is 0.276 e. The number of carbonyl (C=O) groups is 2. The number of allylic oxidation sites excluding steroid dienone is 1. The Morgan fingerprint density at radius 1 is 1.44 bits per heavy atom. The second-order valence-electron chi connectivity index (χ2n) is 7.19. The predicted molar refractivity (Wildman–Crippen MR) is 96.4 cm³/mol. The first-order valence-electron chi connectivity index (χ1n) is 8.91. The molecule has 2 unspecified atom stereocenters. The van der Waals surface area contributed by atoms with Crippen LogP contribution in [0.15, 0.2) is 17.8 Å². The third-order valence-corrected chi connectivity index (χ3v) is 5.32. The van der Waals surface area contributed by atoms with E-state index in [1.54, 1.807) is 24.2 Å². The summed E-state index contributed by atoms with van der Waals surface area (Å²) in [5.74, 6) is 0.453. The van der Waals surface area contributed by atoms with Crippen LogP contribution in [0.2, 0.25) is 5.02 Å². The van der Waals surface area contributed by atoms with Gasteiger partial charge in [0.1, 0.15) is 0 Å². The number of nitrogens with zero attached hydrogens (tertiary/aromatic N) is 3. The zero-order valence-corrected chi connectivity index (χ0v) is 15.6. The summed E-state index contributed by atoms with van der Waals surface area (Å²) in [6.45, 7) is 3.35.